The lowest BCUT2D eigenvalue weighted by Gasteiger charge is -2.10. The summed E-state index contributed by atoms with van der Waals surface area (Å²) in [6.07, 6.45) is 1.75. The van der Waals surface area contributed by atoms with Crippen LogP contribution in [0.25, 0.3) is 0 Å². The minimum atomic E-state index is 0.736. The summed E-state index contributed by atoms with van der Waals surface area (Å²) in [5, 5.41) is 11.8. The molecule has 0 bridgehead atoms. The first kappa shape index (κ1) is 4.93. The lowest BCUT2D eigenvalue weighted by molar-refractivity contribution is 0.497. The predicted octanol–water partition coefficient (Wildman–Crippen LogP) is -0.604. The highest BCUT2D eigenvalue weighted by Gasteiger charge is 2.08. The summed E-state index contributed by atoms with van der Waals surface area (Å²) in [6, 6.07) is 0. The monoisotopic (exact) mass is 123 g/mol. The molecule has 2 rings (SSSR count). The average Bonchev–Trinajstić information content (AvgIpc) is 2.33. The molecule has 0 fully saturated rings. The highest BCUT2D eigenvalue weighted by atomic mass is 15.3. The zero-order valence-corrected chi connectivity index (χ0v) is 4.99. The summed E-state index contributed by atoms with van der Waals surface area (Å²) < 4.78 is 2.03. The van der Waals surface area contributed by atoms with Crippen molar-refractivity contribution in [3.05, 3.63) is 12.2 Å². The van der Waals surface area contributed by atoms with E-state index in [2.05, 4.69) is 15.5 Å². The van der Waals surface area contributed by atoms with E-state index in [1.165, 1.54) is 0 Å². The molecule has 0 unspecified atom stereocenters. The number of nitrogens with zero attached hydrogens (tertiary/aromatic N) is 4. The summed E-state index contributed by atoms with van der Waals surface area (Å²) in [5.41, 5.74) is 0. The average molecular weight is 123 g/mol. The van der Waals surface area contributed by atoms with Crippen LogP contribution in [0.4, 0.5) is 0 Å². The lowest BCUT2D eigenvalue weighted by atomic mass is 10.4. The molecular formula is C5H7N4. The molecule has 0 N–H and O–H groups in total. The maximum absolute atomic E-state index is 4.17. The van der Waals surface area contributed by atoms with Crippen molar-refractivity contribution in [1.29, 1.82) is 0 Å². The molecule has 1 aromatic heterocycles. The number of rotatable bonds is 0. The van der Waals surface area contributed by atoms with Crippen LogP contribution in [0.5, 0.6) is 0 Å². The Hall–Kier alpha value is -0.900. The van der Waals surface area contributed by atoms with Crippen LogP contribution < -0.4 is 5.32 Å². The van der Waals surface area contributed by atoms with E-state index in [-0.39, 0.29) is 0 Å². The topological polar surface area (TPSA) is 44.8 Å². The first-order chi connectivity index (χ1) is 4.47. The Labute approximate surface area is 52.9 Å². The maximum Gasteiger partial charge on any atom is 0.148 e. The van der Waals surface area contributed by atoms with E-state index in [0.29, 0.717) is 0 Å². The molecular weight excluding hydrogens is 116 g/mol. The van der Waals surface area contributed by atoms with E-state index in [4.69, 9.17) is 0 Å². The van der Waals surface area contributed by atoms with E-state index in [0.717, 1.165) is 25.5 Å². The van der Waals surface area contributed by atoms with Gasteiger partial charge in [-0.2, -0.15) is 0 Å². The van der Waals surface area contributed by atoms with E-state index < -0.39 is 0 Å². The second kappa shape index (κ2) is 1.80. The Bertz CT molecular complexity index is 184. The third kappa shape index (κ3) is 0.712. The normalized spacial score (nSPS) is 17.3. The van der Waals surface area contributed by atoms with Gasteiger partial charge in [-0.1, -0.05) is 0 Å². The first-order valence-electron chi connectivity index (χ1n) is 2.97. The Morgan fingerprint density at radius 1 is 1.56 bits per heavy atom. The van der Waals surface area contributed by atoms with Crippen molar-refractivity contribution < 1.29 is 0 Å². The van der Waals surface area contributed by atoms with Gasteiger partial charge in [0.05, 0.1) is 6.54 Å². The molecule has 1 radical (unpaired) electrons. The summed E-state index contributed by atoms with van der Waals surface area (Å²) in [7, 11) is 0. The molecule has 1 aromatic rings. The number of aromatic nitrogens is 3. The summed E-state index contributed by atoms with van der Waals surface area (Å²) in [5.74, 6) is 0.987. The van der Waals surface area contributed by atoms with Crippen molar-refractivity contribution in [2.24, 2.45) is 0 Å². The maximum atomic E-state index is 4.17. The van der Waals surface area contributed by atoms with Gasteiger partial charge in [-0.05, 0) is 0 Å². The van der Waals surface area contributed by atoms with E-state index in [9.17, 15) is 0 Å². The SMILES string of the molecule is c1nnc2n1CC[N]C2. The fourth-order valence-electron chi connectivity index (χ4n) is 0.946. The number of hydrogen-bond acceptors (Lipinski definition) is 2. The van der Waals surface area contributed by atoms with E-state index in [1.807, 2.05) is 4.57 Å². The van der Waals surface area contributed by atoms with Gasteiger partial charge < -0.3 is 4.57 Å². The Kier molecular flexibility index (Phi) is 0.989. The second-order valence-electron chi connectivity index (χ2n) is 2.05. The van der Waals surface area contributed by atoms with Gasteiger partial charge in [-0.15, -0.1) is 10.2 Å². The van der Waals surface area contributed by atoms with Gasteiger partial charge in [0.2, 0.25) is 0 Å². The van der Waals surface area contributed by atoms with Gasteiger partial charge in [0, 0.05) is 13.1 Å². The zero-order valence-electron chi connectivity index (χ0n) is 4.99. The van der Waals surface area contributed by atoms with Crippen molar-refractivity contribution >= 4 is 0 Å². The number of fused-ring (bicyclic) bond motifs is 1. The minimum Gasteiger partial charge on any atom is -0.315 e. The molecule has 0 amide bonds. The fourth-order valence-corrected chi connectivity index (χ4v) is 0.946. The quantitative estimate of drug-likeness (QED) is 0.462. The molecule has 0 saturated carbocycles. The molecule has 4 heteroatoms. The van der Waals surface area contributed by atoms with Gasteiger partial charge in [0.15, 0.2) is 0 Å². The Morgan fingerprint density at radius 2 is 2.56 bits per heavy atom. The first-order valence-corrected chi connectivity index (χ1v) is 2.97. The van der Waals surface area contributed by atoms with Crippen molar-refractivity contribution in [3.8, 4) is 0 Å². The summed E-state index contributed by atoms with van der Waals surface area (Å²) in [4.78, 5) is 0. The van der Waals surface area contributed by atoms with Gasteiger partial charge >= 0.3 is 0 Å². The molecule has 1 aliphatic rings. The largest absolute Gasteiger partial charge is 0.315 e. The van der Waals surface area contributed by atoms with E-state index in [1.54, 1.807) is 6.33 Å². The van der Waals surface area contributed by atoms with Crippen LogP contribution in [0.15, 0.2) is 6.33 Å². The van der Waals surface area contributed by atoms with E-state index >= 15 is 0 Å². The van der Waals surface area contributed by atoms with Crippen LogP contribution in [-0.4, -0.2) is 21.3 Å². The fraction of sp³-hybridized carbons (Fsp3) is 0.600. The molecule has 2 heterocycles. The van der Waals surface area contributed by atoms with Crippen LogP contribution in [-0.2, 0) is 13.1 Å². The van der Waals surface area contributed by atoms with Crippen LogP contribution in [0.1, 0.15) is 5.82 Å². The highest BCUT2D eigenvalue weighted by Crippen LogP contribution is 1.99. The van der Waals surface area contributed by atoms with Gasteiger partial charge in [0.1, 0.15) is 12.2 Å². The van der Waals surface area contributed by atoms with Gasteiger partial charge in [-0.3, -0.25) is 0 Å². The number of hydrogen-bond donors (Lipinski definition) is 0. The standard InChI is InChI=1S/C5H7N4/c1-2-9-4-7-8-5(9)3-6-1/h4H,1-3H2. The van der Waals surface area contributed by atoms with Crippen LogP contribution in [0, 0.1) is 0 Å². The minimum absolute atomic E-state index is 0.736. The smallest absolute Gasteiger partial charge is 0.148 e. The highest BCUT2D eigenvalue weighted by molar-refractivity contribution is 4.87. The zero-order chi connectivity index (χ0) is 6.10. The third-order valence-electron chi connectivity index (χ3n) is 1.45. The van der Waals surface area contributed by atoms with Crippen molar-refractivity contribution in [3.63, 3.8) is 0 Å². The van der Waals surface area contributed by atoms with Crippen LogP contribution in [0.3, 0.4) is 0 Å². The molecule has 1 aliphatic heterocycles. The molecule has 4 nitrogen and oxygen atoms in total. The molecule has 47 valence electrons. The molecule has 0 aromatic carbocycles. The van der Waals surface area contributed by atoms with Crippen LogP contribution >= 0.6 is 0 Å². The molecule has 0 atom stereocenters. The summed E-state index contributed by atoms with van der Waals surface area (Å²) >= 11 is 0. The Morgan fingerprint density at radius 3 is 3.44 bits per heavy atom. The van der Waals surface area contributed by atoms with Crippen molar-refractivity contribution in [2.75, 3.05) is 6.54 Å². The molecule has 0 saturated heterocycles. The molecule has 0 spiro atoms. The van der Waals surface area contributed by atoms with Gasteiger partial charge in [-0.25, -0.2) is 5.32 Å². The summed E-state index contributed by atoms with van der Waals surface area (Å²) in [6.45, 7) is 2.59. The Balaban J connectivity index is 2.39. The van der Waals surface area contributed by atoms with Gasteiger partial charge in [0.25, 0.3) is 0 Å². The van der Waals surface area contributed by atoms with Crippen molar-refractivity contribution in [1.82, 2.24) is 20.1 Å². The third-order valence-corrected chi connectivity index (χ3v) is 1.45. The molecule has 0 aliphatic carbocycles. The van der Waals surface area contributed by atoms with Crippen molar-refractivity contribution in [2.45, 2.75) is 13.1 Å². The molecule has 9 heavy (non-hydrogen) atoms. The predicted molar refractivity (Wildman–Crippen MR) is 30.7 cm³/mol. The van der Waals surface area contributed by atoms with Crippen LogP contribution in [0.2, 0.25) is 0 Å². The second-order valence-corrected chi connectivity index (χ2v) is 2.05. The lowest BCUT2D eigenvalue weighted by Crippen LogP contribution is -2.22.